The van der Waals surface area contributed by atoms with Gasteiger partial charge in [0.15, 0.2) is 4.98 Å². The number of nitrogens with two attached hydrogens (primary N) is 1. The van der Waals surface area contributed by atoms with Gasteiger partial charge in [0.05, 0.1) is 0 Å². The van der Waals surface area contributed by atoms with Crippen LogP contribution in [-0.4, -0.2) is 0 Å². The van der Waals surface area contributed by atoms with Gasteiger partial charge in [0.2, 0.25) is 5.39 Å². The van der Waals surface area contributed by atoms with Gasteiger partial charge in [0, 0.05) is 6.07 Å². The molecule has 0 aliphatic rings. The Kier molecular flexibility index (Phi) is 3.15. The van der Waals surface area contributed by atoms with Crippen LogP contribution in [0, 0.1) is 5.39 Å². The van der Waals surface area contributed by atoms with Gasteiger partial charge in [0.1, 0.15) is 5.69 Å². The molecule has 0 unspecified atom stereocenters. The summed E-state index contributed by atoms with van der Waals surface area (Å²) in [5, 5.41) is 8.26. The van der Waals surface area contributed by atoms with Crippen LogP contribution in [0.3, 0.4) is 0 Å². The van der Waals surface area contributed by atoms with Crippen molar-refractivity contribution in [2.24, 2.45) is 0 Å². The van der Waals surface area contributed by atoms with E-state index in [1.807, 2.05) is 0 Å². The first-order chi connectivity index (χ1) is 6.79. The first-order valence-electron chi connectivity index (χ1n) is 3.55. The molecule has 2 N–H and O–H groups in total. The summed E-state index contributed by atoms with van der Waals surface area (Å²) in [4.78, 5) is 2.95. The molecule has 0 radical (unpaired) electrons. The topological polar surface area (TPSA) is 54.2 Å². The maximum Gasteiger partial charge on any atom is 0.407 e. The zero-order valence-corrected chi connectivity index (χ0v) is 8.39. The van der Waals surface area contributed by atoms with Crippen molar-refractivity contribution in [3.05, 3.63) is 29.2 Å². The predicted octanol–water partition coefficient (Wildman–Crippen LogP) is 5.14. The van der Waals surface area contributed by atoms with Crippen LogP contribution in [0.4, 0.5) is 36.6 Å². The van der Waals surface area contributed by atoms with Crippen LogP contribution < -0.4 is 5.73 Å². The smallest absolute Gasteiger partial charge is 0.392 e. The van der Waals surface area contributed by atoms with Crippen molar-refractivity contribution in [1.82, 2.24) is 0 Å². The average Bonchev–Trinajstić information content (AvgIpc) is 1.99. The van der Waals surface area contributed by atoms with E-state index in [0.717, 1.165) is 0 Å². The van der Waals surface area contributed by atoms with Crippen LogP contribution in [0.2, 0.25) is 0 Å². The van der Waals surface area contributed by atoms with Gasteiger partial charge in [-0.15, -0.1) is 0 Å². The van der Waals surface area contributed by atoms with E-state index in [4.69, 9.17) is 11.1 Å². The first kappa shape index (κ1) is 14.5. The van der Waals surface area contributed by atoms with Gasteiger partial charge in [0.25, 0.3) is 0 Å². The Morgan fingerprint density at radius 1 is 1.00 bits per heavy atom. The Bertz CT molecular complexity index is 407. The Hall–Kier alpha value is -1.55. The molecule has 0 aromatic heterocycles. The molecule has 1 rings (SSSR count). The quantitative estimate of drug-likeness (QED) is 0.305. The summed E-state index contributed by atoms with van der Waals surface area (Å²) in [6.45, 7) is 0. The average molecular weight is 265 g/mol. The molecule has 0 atom stereocenters. The molecule has 0 heterocycles. The van der Waals surface area contributed by atoms with E-state index >= 15 is 0 Å². The largest absolute Gasteiger partial charge is 0.407 e. The number of nitrogen functional groups attached to an aromatic ring is 1. The van der Waals surface area contributed by atoms with E-state index in [1.165, 1.54) is 0 Å². The third kappa shape index (κ3) is 12.4. The Morgan fingerprint density at radius 3 is 1.62 bits per heavy atom. The maximum absolute atomic E-state index is 10.7. The fourth-order valence-corrected chi connectivity index (χ4v) is 0.579. The Labute approximate surface area is 85.7 Å². The number of benzene rings is 1. The second-order valence-corrected chi connectivity index (χ2v) is 4.53. The zero-order valence-electron chi connectivity index (χ0n) is 7.50. The van der Waals surface area contributed by atoms with E-state index in [2.05, 4.69) is 4.98 Å². The maximum atomic E-state index is 9.87. The van der Waals surface area contributed by atoms with Crippen molar-refractivity contribution >= 4 is 19.2 Å². The zero-order chi connectivity index (χ0) is 13.1. The Balaban J connectivity index is 0.000000293. The van der Waals surface area contributed by atoms with E-state index in [0.29, 0.717) is 11.4 Å². The number of nitrogens with zero attached hydrogens (tertiary/aromatic N) is 2. The van der Waals surface area contributed by atoms with Crippen LogP contribution in [0.25, 0.3) is 4.98 Å². The summed E-state index contributed by atoms with van der Waals surface area (Å²) < 4.78 is 59.2. The normalized spacial score (nSPS) is 14.8. The van der Waals surface area contributed by atoms with Gasteiger partial charge in [-0.25, -0.2) is 0 Å². The minimum atomic E-state index is -10.7. The summed E-state index contributed by atoms with van der Waals surface area (Å²) in [6, 6.07) is 6.85. The molecule has 0 aliphatic carbocycles. The van der Waals surface area contributed by atoms with E-state index in [9.17, 15) is 25.2 Å². The van der Waals surface area contributed by atoms with Crippen molar-refractivity contribution in [2.75, 3.05) is 5.73 Å². The van der Waals surface area contributed by atoms with Crippen molar-refractivity contribution in [1.29, 1.82) is 5.39 Å². The van der Waals surface area contributed by atoms with E-state index < -0.39 is 7.81 Å². The van der Waals surface area contributed by atoms with Gasteiger partial charge in [-0.05, 0) is 6.07 Å². The standard InChI is InChI=1S/C6H6N3.F6P/c7-5-3-1-2-4-6(5)9-8;1-7(2,3,4,5)6/h1-4H,7H2;/q+1;-1. The molecule has 0 fully saturated rings. The predicted molar refractivity (Wildman–Crippen MR) is 49.2 cm³/mol. The molecule has 3 nitrogen and oxygen atoms in total. The van der Waals surface area contributed by atoms with Crippen LogP contribution in [0.5, 0.6) is 0 Å². The minimum Gasteiger partial charge on any atom is -0.392 e. The molecule has 0 saturated carbocycles. The van der Waals surface area contributed by atoms with Crippen molar-refractivity contribution in [3.63, 3.8) is 0 Å². The molecule has 0 aliphatic heterocycles. The SMILES string of the molecule is F[P-](F)(F)(F)(F)F.N#[N+]c1ccccc1N. The van der Waals surface area contributed by atoms with Crippen molar-refractivity contribution in [2.45, 2.75) is 0 Å². The Morgan fingerprint density at radius 2 is 1.38 bits per heavy atom. The van der Waals surface area contributed by atoms with Crippen LogP contribution >= 0.6 is 7.81 Å². The number of diazo groups is 1. The minimum absolute atomic E-state index is 0.414. The molecule has 0 spiro atoms. The molecule has 10 heteroatoms. The number of hydrogen-bond acceptors (Lipinski definition) is 2. The fourth-order valence-electron chi connectivity index (χ4n) is 0.579. The van der Waals surface area contributed by atoms with Crippen LogP contribution in [-0.2, 0) is 0 Å². The van der Waals surface area contributed by atoms with Gasteiger partial charge >= 0.3 is 38.7 Å². The summed E-state index contributed by atoms with van der Waals surface area (Å²) >= 11 is 0. The van der Waals surface area contributed by atoms with Crippen LogP contribution in [0.15, 0.2) is 24.3 Å². The van der Waals surface area contributed by atoms with Crippen molar-refractivity contribution in [3.8, 4) is 0 Å². The molecule has 1 aromatic carbocycles. The third-order valence-corrected chi connectivity index (χ3v) is 1.04. The second kappa shape index (κ2) is 3.49. The molecular weight excluding hydrogens is 259 g/mol. The molecule has 16 heavy (non-hydrogen) atoms. The van der Waals surface area contributed by atoms with Gasteiger partial charge in [-0.1, -0.05) is 12.1 Å². The third-order valence-electron chi connectivity index (χ3n) is 1.04. The summed E-state index contributed by atoms with van der Waals surface area (Å²) in [6.07, 6.45) is 0. The van der Waals surface area contributed by atoms with Crippen molar-refractivity contribution < 1.29 is 25.2 Å². The number of anilines is 1. The van der Waals surface area contributed by atoms with Gasteiger partial charge in [-0.3, -0.25) is 0 Å². The second-order valence-electron chi connectivity index (χ2n) is 2.62. The first-order valence-corrected chi connectivity index (χ1v) is 5.58. The molecule has 0 bridgehead atoms. The molecule has 0 saturated heterocycles. The monoisotopic (exact) mass is 265 g/mol. The van der Waals surface area contributed by atoms with Gasteiger partial charge < -0.3 is 5.73 Å². The van der Waals surface area contributed by atoms with Gasteiger partial charge in [-0.2, -0.15) is 0 Å². The van der Waals surface area contributed by atoms with E-state index in [-0.39, 0.29) is 0 Å². The molecule has 92 valence electrons. The number of rotatable bonds is 0. The number of para-hydroxylation sites is 1. The number of halogens is 6. The summed E-state index contributed by atoms with van der Waals surface area (Å²) in [7, 11) is -10.7. The fraction of sp³-hybridized carbons (Fsp3) is 0. The summed E-state index contributed by atoms with van der Waals surface area (Å²) in [5.74, 6) is 0. The molecule has 0 amide bonds. The number of hydrogen-bond donors (Lipinski definition) is 1. The summed E-state index contributed by atoms with van der Waals surface area (Å²) in [5.41, 5.74) is 6.28. The molecular formula is C6H6F6N3P. The van der Waals surface area contributed by atoms with E-state index in [1.54, 1.807) is 24.3 Å². The van der Waals surface area contributed by atoms with Crippen LogP contribution in [0.1, 0.15) is 0 Å². The molecule has 1 aromatic rings.